The van der Waals surface area contributed by atoms with Gasteiger partial charge in [0.15, 0.2) is 5.82 Å². The molecule has 0 N–H and O–H groups in total. The first-order valence-corrected chi connectivity index (χ1v) is 5.76. The fourth-order valence-corrected chi connectivity index (χ4v) is 1.60. The number of carbonyl (C=O) groups is 1. The van der Waals surface area contributed by atoms with Crippen molar-refractivity contribution in [2.24, 2.45) is 0 Å². The van der Waals surface area contributed by atoms with Crippen LogP contribution in [-0.4, -0.2) is 26.8 Å². The lowest BCUT2D eigenvalue weighted by molar-refractivity contribution is 0.0377. The summed E-state index contributed by atoms with van der Waals surface area (Å²) < 4.78 is 6.78. The van der Waals surface area contributed by atoms with Gasteiger partial charge in [-0.2, -0.15) is 5.10 Å². The minimum absolute atomic E-state index is 0.143. The van der Waals surface area contributed by atoms with E-state index in [-0.39, 0.29) is 12.1 Å². The molecule has 2 aromatic rings. The maximum Gasteiger partial charge on any atom is 0.341 e. The van der Waals surface area contributed by atoms with E-state index in [1.165, 1.54) is 6.20 Å². The minimum atomic E-state index is -0.357. The molecule has 5 heteroatoms. The zero-order valence-electron chi connectivity index (χ0n) is 10.6. The van der Waals surface area contributed by atoms with Gasteiger partial charge in [-0.3, -0.25) is 0 Å². The highest BCUT2D eigenvalue weighted by atomic mass is 16.5. The second-order valence-corrected chi connectivity index (χ2v) is 4.20. The molecule has 2 heterocycles. The molecule has 0 aliphatic rings. The van der Waals surface area contributed by atoms with Crippen LogP contribution < -0.4 is 0 Å². The fraction of sp³-hybridized carbons (Fsp3) is 0.308. The van der Waals surface area contributed by atoms with Crippen LogP contribution in [0.1, 0.15) is 29.9 Å². The highest BCUT2D eigenvalue weighted by Crippen LogP contribution is 2.13. The predicted octanol–water partition coefficient (Wildman–Crippen LogP) is 2.14. The molecule has 0 unspecified atom stereocenters. The highest BCUT2D eigenvalue weighted by Gasteiger charge is 2.17. The van der Waals surface area contributed by atoms with Gasteiger partial charge in [0.05, 0.1) is 18.0 Å². The Labute approximate surface area is 105 Å². The van der Waals surface area contributed by atoms with Crippen molar-refractivity contribution in [2.75, 3.05) is 0 Å². The van der Waals surface area contributed by atoms with E-state index in [1.807, 2.05) is 39.0 Å². The van der Waals surface area contributed by atoms with Gasteiger partial charge in [0.2, 0.25) is 0 Å². The quantitative estimate of drug-likeness (QED) is 0.777. The molecule has 5 nitrogen and oxygen atoms in total. The molecule has 94 valence electrons. The topological polar surface area (TPSA) is 57.0 Å². The Bertz CT molecular complexity index is 547. The van der Waals surface area contributed by atoms with Crippen LogP contribution in [0.5, 0.6) is 0 Å². The van der Waals surface area contributed by atoms with Gasteiger partial charge in [-0.15, -0.1) is 0 Å². The Morgan fingerprint density at radius 3 is 2.78 bits per heavy atom. The number of aromatic nitrogens is 3. The maximum absolute atomic E-state index is 11.8. The Morgan fingerprint density at radius 1 is 1.39 bits per heavy atom. The van der Waals surface area contributed by atoms with Crippen molar-refractivity contribution in [1.82, 2.24) is 14.8 Å². The first kappa shape index (κ1) is 12.3. The Hall–Kier alpha value is -2.17. The smallest absolute Gasteiger partial charge is 0.341 e. The van der Waals surface area contributed by atoms with E-state index in [2.05, 4.69) is 10.1 Å². The van der Waals surface area contributed by atoms with Crippen LogP contribution in [0.25, 0.3) is 5.82 Å². The van der Waals surface area contributed by atoms with Gasteiger partial charge >= 0.3 is 5.97 Å². The van der Waals surface area contributed by atoms with Crippen molar-refractivity contribution < 1.29 is 9.53 Å². The molecule has 0 aliphatic heterocycles. The summed E-state index contributed by atoms with van der Waals surface area (Å²) >= 11 is 0. The SMILES string of the molecule is Cc1c(C(=O)OC(C)C)cnn1-c1ccccn1. The number of hydrogen-bond acceptors (Lipinski definition) is 4. The second-order valence-electron chi connectivity index (χ2n) is 4.20. The normalized spacial score (nSPS) is 10.7. The van der Waals surface area contributed by atoms with Crippen LogP contribution in [0.15, 0.2) is 30.6 Å². The predicted molar refractivity (Wildman–Crippen MR) is 66.6 cm³/mol. The molecule has 2 aromatic heterocycles. The third kappa shape index (κ3) is 2.40. The number of ether oxygens (including phenoxy) is 1. The van der Waals surface area contributed by atoms with Crippen molar-refractivity contribution in [3.63, 3.8) is 0 Å². The molecule has 18 heavy (non-hydrogen) atoms. The first-order valence-electron chi connectivity index (χ1n) is 5.76. The molecule has 0 aliphatic carbocycles. The van der Waals surface area contributed by atoms with E-state index >= 15 is 0 Å². The molecule has 0 bridgehead atoms. The van der Waals surface area contributed by atoms with Crippen LogP contribution in [0.4, 0.5) is 0 Å². The van der Waals surface area contributed by atoms with Gasteiger partial charge in [-0.05, 0) is 32.9 Å². The molecule has 0 atom stereocenters. The number of rotatable bonds is 3. The van der Waals surface area contributed by atoms with Gasteiger partial charge in [0.25, 0.3) is 0 Å². The zero-order chi connectivity index (χ0) is 13.1. The average molecular weight is 245 g/mol. The summed E-state index contributed by atoms with van der Waals surface area (Å²) in [4.78, 5) is 16.0. The lowest BCUT2D eigenvalue weighted by atomic mass is 10.2. The summed E-state index contributed by atoms with van der Waals surface area (Å²) in [6.45, 7) is 5.45. The standard InChI is InChI=1S/C13H15N3O2/c1-9(2)18-13(17)11-8-15-16(10(11)3)12-6-4-5-7-14-12/h4-9H,1-3H3. The lowest BCUT2D eigenvalue weighted by Gasteiger charge is -2.07. The molecule has 0 amide bonds. The van der Waals surface area contributed by atoms with Crippen LogP contribution in [-0.2, 0) is 4.74 Å². The Balaban J connectivity index is 2.32. The Morgan fingerprint density at radius 2 is 2.17 bits per heavy atom. The van der Waals surface area contributed by atoms with E-state index in [9.17, 15) is 4.79 Å². The second kappa shape index (κ2) is 5.00. The molecule has 0 saturated heterocycles. The molecular formula is C13H15N3O2. The molecule has 0 aromatic carbocycles. The fourth-order valence-electron chi connectivity index (χ4n) is 1.60. The first-order chi connectivity index (χ1) is 8.59. The van der Waals surface area contributed by atoms with E-state index < -0.39 is 0 Å². The molecular weight excluding hydrogens is 230 g/mol. The Kier molecular flexibility index (Phi) is 3.41. The number of carbonyl (C=O) groups excluding carboxylic acids is 1. The van der Waals surface area contributed by atoms with Crippen LogP contribution in [0.2, 0.25) is 0 Å². The summed E-state index contributed by atoms with van der Waals surface area (Å²) in [6, 6.07) is 5.53. The van der Waals surface area contributed by atoms with Gasteiger partial charge in [-0.1, -0.05) is 6.07 Å². The van der Waals surface area contributed by atoms with Gasteiger partial charge in [0, 0.05) is 6.20 Å². The number of nitrogens with zero attached hydrogens (tertiary/aromatic N) is 3. The van der Waals surface area contributed by atoms with E-state index in [1.54, 1.807) is 10.9 Å². The molecule has 0 saturated carbocycles. The van der Waals surface area contributed by atoms with Crippen LogP contribution >= 0.6 is 0 Å². The summed E-state index contributed by atoms with van der Waals surface area (Å²) in [7, 11) is 0. The minimum Gasteiger partial charge on any atom is -0.459 e. The van der Waals surface area contributed by atoms with Crippen molar-refractivity contribution in [1.29, 1.82) is 0 Å². The van der Waals surface area contributed by atoms with Crippen molar-refractivity contribution in [2.45, 2.75) is 26.9 Å². The van der Waals surface area contributed by atoms with Gasteiger partial charge in [-0.25, -0.2) is 14.5 Å². The molecule has 0 radical (unpaired) electrons. The van der Waals surface area contributed by atoms with Crippen LogP contribution in [0.3, 0.4) is 0 Å². The van der Waals surface area contributed by atoms with E-state index in [0.29, 0.717) is 11.4 Å². The summed E-state index contributed by atoms with van der Waals surface area (Å²) in [5.74, 6) is 0.322. The van der Waals surface area contributed by atoms with E-state index in [0.717, 1.165) is 5.69 Å². The summed E-state index contributed by atoms with van der Waals surface area (Å²) in [5, 5.41) is 4.17. The molecule has 0 fully saturated rings. The number of pyridine rings is 1. The summed E-state index contributed by atoms with van der Waals surface area (Å²) in [5.41, 5.74) is 1.19. The largest absolute Gasteiger partial charge is 0.459 e. The average Bonchev–Trinajstić information content (AvgIpc) is 2.71. The van der Waals surface area contributed by atoms with Crippen molar-refractivity contribution in [3.05, 3.63) is 41.9 Å². The monoisotopic (exact) mass is 245 g/mol. The number of esters is 1. The van der Waals surface area contributed by atoms with Gasteiger partial charge in [0.1, 0.15) is 5.56 Å². The van der Waals surface area contributed by atoms with Crippen molar-refractivity contribution in [3.8, 4) is 5.82 Å². The highest BCUT2D eigenvalue weighted by molar-refractivity contribution is 5.90. The summed E-state index contributed by atoms with van der Waals surface area (Å²) in [6.07, 6.45) is 3.05. The van der Waals surface area contributed by atoms with Crippen molar-refractivity contribution >= 4 is 5.97 Å². The number of hydrogen-bond donors (Lipinski definition) is 0. The van der Waals surface area contributed by atoms with Crippen LogP contribution in [0, 0.1) is 6.92 Å². The molecule has 0 spiro atoms. The third-order valence-corrected chi connectivity index (χ3v) is 2.44. The third-order valence-electron chi connectivity index (χ3n) is 2.44. The zero-order valence-corrected chi connectivity index (χ0v) is 10.6. The molecule has 2 rings (SSSR count). The van der Waals surface area contributed by atoms with E-state index in [4.69, 9.17) is 4.74 Å². The maximum atomic E-state index is 11.8. The lowest BCUT2D eigenvalue weighted by Crippen LogP contribution is -2.12. The van der Waals surface area contributed by atoms with Gasteiger partial charge < -0.3 is 4.74 Å².